The van der Waals surface area contributed by atoms with Crippen molar-refractivity contribution in [3.8, 4) is 0 Å². The monoisotopic (exact) mass is 261 g/mol. The highest BCUT2D eigenvalue weighted by Crippen LogP contribution is 2.27. The second-order valence-corrected chi connectivity index (χ2v) is 3.54. The Morgan fingerprint density at radius 3 is 2.65 bits per heavy atom. The first-order valence-corrected chi connectivity index (χ1v) is 4.67. The molecular formula is C8H8ClN3O5. The van der Waals surface area contributed by atoms with Gasteiger partial charge < -0.3 is 15.9 Å². The molecule has 0 aliphatic rings. The fourth-order valence-electron chi connectivity index (χ4n) is 1.12. The molecule has 0 aliphatic carbocycles. The summed E-state index contributed by atoms with van der Waals surface area (Å²) in [4.78, 5) is 24.0. The van der Waals surface area contributed by atoms with E-state index in [1.54, 1.807) is 0 Å². The molecule has 0 saturated heterocycles. The molecule has 0 spiro atoms. The van der Waals surface area contributed by atoms with E-state index in [4.69, 9.17) is 17.3 Å². The molecule has 0 radical (unpaired) electrons. The molecule has 0 aliphatic heterocycles. The smallest absolute Gasteiger partial charge is 0.295 e. The van der Waals surface area contributed by atoms with E-state index >= 15 is 0 Å². The van der Waals surface area contributed by atoms with E-state index in [9.17, 15) is 25.1 Å². The number of nitrogens with zero attached hydrogens (tertiary/aromatic N) is 2. The number of aromatic nitrogens is 1. The van der Waals surface area contributed by atoms with Gasteiger partial charge in [0.05, 0.1) is 9.95 Å². The lowest BCUT2D eigenvalue weighted by atomic mass is 10.1. The van der Waals surface area contributed by atoms with Crippen LogP contribution < -0.4 is 5.73 Å². The summed E-state index contributed by atoms with van der Waals surface area (Å²) >= 11 is 5.50. The lowest BCUT2D eigenvalue weighted by molar-refractivity contribution is -0.386. The van der Waals surface area contributed by atoms with Gasteiger partial charge >= 0.3 is 0 Å². The molecule has 1 aromatic heterocycles. The van der Waals surface area contributed by atoms with Crippen LogP contribution in [0.4, 0.5) is 5.69 Å². The number of rotatable bonds is 4. The summed E-state index contributed by atoms with van der Waals surface area (Å²) in [7, 11) is 0. The molecule has 92 valence electrons. The molecule has 1 aromatic rings. The number of hydrogen-bond acceptors (Lipinski definition) is 6. The quantitative estimate of drug-likeness (QED) is 0.494. The molecule has 0 saturated carbocycles. The van der Waals surface area contributed by atoms with Gasteiger partial charge in [0.25, 0.3) is 5.69 Å². The Labute approximate surface area is 99.8 Å². The molecule has 9 heteroatoms. The molecule has 17 heavy (non-hydrogen) atoms. The first kappa shape index (κ1) is 13.3. The number of nitrogens with two attached hydrogens (primary N) is 1. The number of carbonyl (C=O) groups is 1. The highest BCUT2D eigenvalue weighted by Gasteiger charge is 2.31. The van der Waals surface area contributed by atoms with Crippen molar-refractivity contribution >= 4 is 23.2 Å². The van der Waals surface area contributed by atoms with E-state index in [1.165, 1.54) is 0 Å². The molecule has 0 aromatic carbocycles. The van der Waals surface area contributed by atoms with Crippen molar-refractivity contribution in [3.05, 3.63) is 33.1 Å². The number of aliphatic hydroxyl groups excluding tert-OH is 2. The number of pyridine rings is 1. The van der Waals surface area contributed by atoms with Crippen molar-refractivity contribution in [1.29, 1.82) is 0 Å². The molecule has 1 heterocycles. The van der Waals surface area contributed by atoms with E-state index < -0.39 is 34.4 Å². The van der Waals surface area contributed by atoms with E-state index in [-0.39, 0.29) is 5.02 Å². The minimum atomic E-state index is -1.98. The first-order chi connectivity index (χ1) is 7.84. The Morgan fingerprint density at radius 2 is 2.18 bits per heavy atom. The zero-order valence-corrected chi connectivity index (χ0v) is 9.03. The van der Waals surface area contributed by atoms with Crippen LogP contribution in [-0.4, -0.2) is 32.1 Å². The summed E-state index contributed by atoms with van der Waals surface area (Å²) in [6, 6.07) is 0.945. The number of aliphatic hydroxyl groups is 2. The van der Waals surface area contributed by atoms with Crippen LogP contribution in [0, 0.1) is 10.1 Å². The second-order valence-electron chi connectivity index (χ2n) is 3.11. The van der Waals surface area contributed by atoms with Crippen molar-refractivity contribution in [2.24, 2.45) is 5.73 Å². The molecule has 2 atom stereocenters. The van der Waals surface area contributed by atoms with E-state index in [1.807, 2.05) is 0 Å². The highest BCUT2D eigenvalue weighted by molar-refractivity contribution is 6.30. The minimum absolute atomic E-state index is 0.0128. The number of halogens is 1. The lowest BCUT2D eigenvalue weighted by Gasteiger charge is -2.14. The standard InChI is InChI=1S/C8H8ClN3O5/c9-3-1-4(12(16)17)5(11-2-3)6(13)7(14)8(10)15/h1-2,6-7,13-14H,(H2,10,15). The predicted molar refractivity (Wildman–Crippen MR) is 56.1 cm³/mol. The fraction of sp³-hybridized carbons (Fsp3) is 0.250. The summed E-state index contributed by atoms with van der Waals surface area (Å²) in [5, 5.41) is 29.4. The Balaban J connectivity index is 3.21. The Kier molecular flexibility index (Phi) is 3.94. The van der Waals surface area contributed by atoms with Gasteiger partial charge in [0.2, 0.25) is 5.91 Å². The van der Waals surface area contributed by atoms with Gasteiger partial charge in [-0.05, 0) is 0 Å². The van der Waals surface area contributed by atoms with Crippen molar-refractivity contribution in [2.75, 3.05) is 0 Å². The average Bonchev–Trinajstić information content (AvgIpc) is 2.26. The third-order valence-corrected chi connectivity index (χ3v) is 2.14. The van der Waals surface area contributed by atoms with Crippen molar-refractivity contribution in [1.82, 2.24) is 4.98 Å². The maximum atomic E-state index is 10.7. The van der Waals surface area contributed by atoms with Gasteiger partial charge in [0, 0.05) is 12.3 Å². The van der Waals surface area contributed by atoms with E-state index in [2.05, 4.69) is 4.98 Å². The SMILES string of the molecule is NC(=O)C(O)C(O)c1ncc(Cl)cc1[N+](=O)[O-]. The Morgan fingerprint density at radius 1 is 1.59 bits per heavy atom. The van der Waals surface area contributed by atoms with Crippen LogP contribution in [0.2, 0.25) is 5.02 Å². The zero-order valence-electron chi connectivity index (χ0n) is 8.28. The molecule has 2 unspecified atom stereocenters. The third-order valence-electron chi connectivity index (χ3n) is 1.93. The van der Waals surface area contributed by atoms with Gasteiger partial charge in [-0.25, -0.2) is 4.98 Å². The number of amides is 1. The third kappa shape index (κ3) is 2.87. The largest absolute Gasteiger partial charge is 0.383 e. The molecule has 0 bridgehead atoms. The van der Waals surface area contributed by atoms with Crippen molar-refractivity contribution < 1.29 is 19.9 Å². The fourth-order valence-corrected chi connectivity index (χ4v) is 1.27. The number of hydrogen-bond donors (Lipinski definition) is 3. The van der Waals surface area contributed by atoms with Crippen molar-refractivity contribution in [2.45, 2.75) is 12.2 Å². The van der Waals surface area contributed by atoms with Crippen LogP contribution in [0.25, 0.3) is 0 Å². The number of carbonyl (C=O) groups excluding carboxylic acids is 1. The number of primary amides is 1. The summed E-state index contributed by atoms with van der Waals surface area (Å²) in [5.41, 5.74) is 3.67. The Bertz CT molecular complexity index is 466. The molecule has 1 amide bonds. The molecule has 4 N–H and O–H groups in total. The van der Waals surface area contributed by atoms with Crippen LogP contribution in [0.3, 0.4) is 0 Å². The van der Waals surface area contributed by atoms with Gasteiger partial charge in [0.15, 0.2) is 6.10 Å². The summed E-state index contributed by atoms with van der Waals surface area (Å²) in [6.45, 7) is 0. The topological polar surface area (TPSA) is 140 Å². The van der Waals surface area contributed by atoms with Gasteiger partial charge in [-0.3, -0.25) is 14.9 Å². The van der Waals surface area contributed by atoms with Gasteiger partial charge in [-0.15, -0.1) is 0 Å². The van der Waals surface area contributed by atoms with Crippen LogP contribution in [0.15, 0.2) is 12.3 Å². The second kappa shape index (κ2) is 5.04. The maximum absolute atomic E-state index is 10.7. The predicted octanol–water partition coefficient (Wildman–Crippen LogP) is -0.477. The van der Waals surface area contributed by atoms with Crippen molar-refractivity contribution in [3.63, 3.8) is 0 Å². The molecule has 0 fully saturated rings. The summed E-state index contributed by atoms with van der Waals surface area (Å²) in [5.74, 6) is -1.22. The average molecular weight is 262 g/mol. The molecular weight excluding hydrogens is 254 g/mol. The first-order valence-electron chi connectivity index (χ1n) is 4.30. The summed E-state index contributed by atoms with van der Waals surface area (Å²) in [6.07, 6.45) is -2.83. The van der Waals surface area contributed by atoms with E-state index in [0.29, 0.717) is 0 Å². The van der Waals surface area contributed by atoms with Crippen LogP contribution in [0.5, 0.6) is 0 Å². The zero-order chi connectivity index (χ0) is 13.2. The van der Waals surface area contributed by atoms with E-state index in [0.717, 1.165) is 12.3 Å². The van der Waals surface area contributed by atoms with Crippen LogP contribution in [0.1, 0.15) is 11.8 Å². The lowest BCUT2D eigenvalue weighted by Crippen LogP contribution is -2.34. The van der Waals surface area contributed by atoms with Gasteiger partial charge in [0.1, 0.15) is 11.8 Å². The Hall–Kier alpha value is -1.77. The van der Waals surface area contributed by atoms with Gasteiger partial charge in [-0.1, -0.05) is 11.6 Å². The minimum Gasteiger partial charge on any atom is -0.383 e. The highest BCUT2D eigenvalue weighted by atomic mass is 35.5. The van der Waals surface area contributed by atoms with Crippen LogP contribution in [-0.2, 0) is 4.79 Å². The normalized spacial score (nSPS) is 14.1. The maximum Gasteiger partial charge on any atom is 0.295 e. The van der Waals surface area contributed by atoms with Crippen LogP contribution >= 0.6 is 11.6 Å². The van der Waals surface area contributed by atoms with Gasteiger partial charge in [-0.2, -0.15) is 0 Å². The molecule has 1 rings (SSSR count). The molecule has 8 nitrogen and oxygen atoms in total. The number of nitro groups is 1. The summed E-state index contributed by atoms with van der Waals surface area (Å²) < 4.78 is 0.